The fourth-order valence-corrected chi connectivity index (χ4v) is 13.3. The third-order valence-electron chi connectivity index (χ3n) is 15.5. The molecule has 232 valence electrons. The average Bonchev–Trinajstić information content (AvgIpc) is 3.34. The molecular formula is C38H56O4. The first-order valence-corrected chi connectivity index (χ1v) is 17.1. The molecule has 5 aliphatic carbocycles. The van der Waals surface area contributed by atoms with E-state index in [0.717, 1.165) is 25.7 Å². The summed E-state index contributed by atoms with van der Waals surface area (Å²) in [6.07, 6.45) is 11.4. The van der Waals surface area contributed by atoms with Crippen molar-refractivity contribution in [2.24, 2.45) is 62.6 Å². The number of aliphatic carboxylic acids is 1. The van der Waals surface area contributed by atoms with E-state index in [1.807, 2.05) is 12.1 Å². The molecule has 6 rings (SSSR count). The highest BCUT2D eigenvalue weighted by Crippen LogP contribution is 2.78. The number of fused-ring (bicyclic) bond motifs is 7. The van der Waals surface area contributed by atoms with Gasteiger partial charge in [-0.25, -0.2) is 4.79 Å². The number of rotatable bonds is 4. The van der Waals surface area contributed by atoms with E-state index in [9.17, 15) is 14.7 Å². The van der Waals surface area contributed by atoms with E-state index < -0.39 is 11.4 Å². The smallest absolute Gasteiger partial charge is 0.337 e. The average molecular weight is 577 g/mol. The second kappa shape index (κ2) is 9.83. The van der Waals surface area contributed by atoms with Crippen molar-refractivity contribution in [2.75, 3.05) is 7.11 Å². The van der Waals surface area contributed by atoms with Crippen molar-refractivity contribution in [1.82, 2.24) is 0 Å². The molecule has 0 bridgehead atoms. The number of ether oxygens (including phenoxy) is 1. The maximum absolute atomic E-state index is 13.0. The second-order valence-electron chi connectivity index (χ2n) is 17.1. The highest BCUT2D eigenvalue weighted by Gasteiger charge is 2.72. The molecule has 1 N–H and O–H groups in total. The van der Waals surface area contributed by atoms with Crippen LogP contribution in [0.3, 0.4) is 0 Å². The summed E-state index contributed by atoms with van der Waals surface area (Å²) in [5.41, 5.74) is 2.40. The minimum Gasteiger partial charge on any atom is -0.481 e. The van der Waals surface area contributed by atoms with Crippen LogP contribution >= 0.6 is 0 Å². The van der Waals surface area contributed by atoms with Crippen LogP contribution in [-0.2, 0) is 9.53 Å². The lowest BCUT2D eigenvalue weighted by molar-refractivity contribution is -0.241. The van der Waals surface area contributed by atoms with Crippen LogP contribution in [0.15, 0.2) is 24.3 Å². The number of methoxy groups -OCH3 is 1. The normalized spacial score (nSPS) is 45.7. The second-order valence-corrected chi connectivity index (χ2v) is 17.1. The van der Waals surface area contributed by atoms with Gasteiger partial charge in [-0.2, -0.15) is 0 Å². The molecule has 5 aliphatic rings. The van der Waals surface area contributed by atoms with E-state index >= 15 is 0 Å². The number of hydrogen-bond acceptors (Lipinski definition) is 3. The molecule has 0 aromatic heterocycles. The molecule has 1 aromatic rings. The maximum atomic E-state index is 13.0. The number of esters is 1. The van der Waals surface area contributed by atoms with Gasteiger partial charge in [0.2, 0.25) is 0 Å². The molecule has 5 fully saturated rings. The quantitative estimate of drug-likeness (QED) is 0.363. The predicted molar refractivity (Wildman–Crippen MR) is 167 cm³/mol. The molecule has 1 aromatic carbocycles. The minimum absolute atomic E-state index is 0.165. The summed E-state index contributed by atoms with van der Waals surface area (Å²) >= 11 is 0. The first-order valence-electron chi connectivity index (χ1n) is 17.1. The highest BCUT2D eigenvalue weighted by atomic mass is 16.5. The Balaban J connectivity index is 1.32. The SMILES string of the molecule is COC(=O)c1ccc(C2CC[C@]3(C)[C@H]4CC[C@@H]5[C@H]6[C@H](C(C)C)CC[C@]6(C(=O)O)CC[C@@]5(C)[C@]4(C)CC[C@H]3C2(C)C)cc1. The van der Waals surface area contributed by atoms with E-state index in [1.165, 1.54) is 51.2 Å². The number of carbonyl (C=O) groups is 2. The van der Waals surface area contributed by atoms with E-state index in [4.69, 9.17) is 4.74 Å². The van der Waals surface area contributed by atoms with Gasteiger partial charge in [-0.1, -0.05) is 60.6 Å². The van der Waals surface area contributed by atoms with Gasteiger partial charge in [-0.3, -0.25) is 4.79 Å². The monoisotopic (exact) mass is 576 g/mol. The topological polar surface area (TPSA) is 63.6 Å². The van der Waals surface area contributed by atoms with Crippen LogP contribution in [0.4, 0.5) is 0 Å². The minimum atomic E-state index is -0.500. The Kier molecular flexibility index (Phi) is 7.07. The predicted octanol–water partition coefficient (Wildman–Crippen LogP) is 9.38. The fraction of sp³-hybridized carbons (Fsp3) is 0.789. The molecule has 42 heavy (non-hydrogen) atoms. The zero-order chi connectivity index (χ0) is 30.5. The summed E-state index contributed by atoms with van der Waals surface area (Å²) in [7, 11) is 1.44. The van der Waals surface area contributed by atoms with Gasteiger partial charge in [0, 0.05) is 0 Å². The third-order valence-corrected chi connectivity index (χ3v) is 15.5. The first-order chi connectivity index (χ1) is 19.7. The van der Waals surface area contributed by atoms with Crippen molar-refractivity contribution >= 4 is 11.9 Å². The Hall–Kier alpha value is -1.84. The molecule has 0 spiro atoms. The van der Waals surface area contributed by atoms with Gasteiger partial charge in [0.05, 0.1) is 18.1 Å². The van der Waals surface area contributed by atoms with Crippen molar-refractivity contribution in [3.8, 4) is 0 Å². The lowest BCUT2D eigenvalue weighted by Crippen LogP contribution is -2.66. The molecule has 0 heterocycles. The summed E-state index contributed by atoms with van der Waals surface area (Å²) in [5.74, 6) is 2.99. The lowest BCUT2D eigenvalue weighted by Gasteiger charge is -2.73. The van der Waals surface area contributed by atoms with Gasteiger partial charge in [-0.15, -0.1) is 0 Å². The van der Waals surface area contributed by atoms with Crippen molar-refractivity contribution in [3.63, 3.8) is 0 Å². The number of carboxylic acids is 1. The summed E-state index contributed by atoms with van der Waals surface area (Å²) in [6, 6.07) is 8.23. The molecule has 5 saturated carbocycles. The van der Waals surface area contributed by atoms with E-state index in [-0.39, 0.29) is 22.2 Å². The highest BCUT2D eigenvalue weighted by molar-refractivity contribution is 5.89. The molecule has 4 heteroatoms. The fourth-order valence-electron chi connectivity index (χ4n) is 13.3. The Labute approximate surface area is 254 Å². The van der Waals surface area contributed by atoms with Crippen LogP contribution in [0.5, 0.6) is 0 Å². The zero-order valence-corrected chi connectivity index (χ0v) is 27.6. The van der Waals surface area contributed by atoms with Gasteiger partial charge >= 0.3 is 11.9 Å². The number of hydrogen-bond donors (Lipinski definition) is 1. The van der Waals surface area contributed by atoms with Gasteiger partial charge < -0.3 is 9.84 Å². The molecule has 0 amide bonds. The van der Waals surface area contributed by atoms with E-state index in [1.54, 1.807) is 0 Å². The Morgan fingerprint density at radius 2 is 1.50 bits per heavy atom. The van der Waals surface area contributed by atoms with Crippen LogP contribution in [0.2, 0.25) is 0 Å². The largest absolute Gasteiger partial charge is 0.481 e. The van der Waals surface area contributed by atoms with Crippen molar-refractivity contribution in [2.45, 2.75) is 119 Å². The van der Waals surface area contributed by atoms with Crippen molar-refractivity contribution in [3.05, 3.63) is 35.4 Å². The van der Waals surface area contributed by atoms with Crippen LogP contribution in [0, 0.1) is 62.6 Å². The lowest BCUT2D eigenvalue weighted by atomic mass is 9.31. The number of carboxylic acid groups (broad SMARTS) is 1. The molecule has 0 radical (unpaired) electrons. The molecule has 0 aliphatic heterocycles. The Morgan fingerprint density at radius 3 is 2.12 bits per heavy atom. The van der Waals surface area contributed by atoms with Crippen molar-refractivity contribution in [1.29, 1.82) is 0 Å². The molecular weight excluding hydrogens is 520 g/mol. The van der Waals surface area contributed by atoms with Gasteiger partial charge in [0.25, 0.3) is 0 Å². The van der Waals surface area contributed by atoms with Crippen LogP contribution in [-0.4, -0.2) is 24.2 Å². The molecule has 10 atom stereocenters. The summed E-state index contributed by atoms with van der Waals surface area (Å²) in [6.45, 7) is 17.7. The molecule has 1 unspecified atom stereocenters. The van der Waals surface area contributed by atoms with Gasteiger partial charge in [-0.05, 0) is 145 Å². The number of benzene rings is 1. The molecule has 0 saturated heterocycles. The van der Waals surface area contributed by atoms with Crippen LogP contribution in [0.25, 0.3) is 0 Å². The summed E-state index contributed by atoms with van der Waals surface area (Å²) in [4.78, 5) is 25.0. The van der Waals surface area contributed by atoms with E-state index in [2.05, 4.69) is 60.6 Å². The molecule has 4 nitrogen and oxygen atoms in total. The summed E-state index contributed by atoms with van der Waals surface area (Å²) in [5, 5.41) is 10.7. The third kappa shape index (κ3) is 3.84. The van der Waals surface area contributed by atoms with Crippen molar-refractivity contribution < 1.29 is 19.4 Å². The van der Waals surface area contributed by atoms with E-state index in [0.29, 0.717) is 52.4 Å². The standard InChI is InChI=1S/C38H56O4/c1-23(2)26-15-20-38(33(40)41)22-21-36(6)28(31(26)38)13-14-30-35(5)18-16-27(24-9-11-25(12-10-24)32(39)42-8)34(3,4)29(35)17-19-37(30,36)7/h9-12,23,26-31H,13-22H2,1-8H3,(H,40,41)/t26-,27?,28+,29-,30+,31+,35-,36+,37+,38-/m0/s1. The van der Waals surface area contributed by atoms with Gasteiger partial charge in [0.1, 0.15) is 0 Å². The Morgan fingerprint density at radius 1 is 0.810 bits per heavy atom. The van der Waals surface area contributed by atoms with Crippen LogP contribution < -0.4 is 0 Å². The maximum Gasteiger partial charge on any atom is 0.337 e. The van der Waals surface area contributed by atoms with Gasteiger partial charge in [0.15, 0.2) is 0 Å². The summed E-state index contributed by atoms with van der Waals surface area (Å²) < 4.78 is 4.94. The van der Waals surface area contributed by atoms with Crippen LogP contribution in [0.1, 0.15) is 135 Å². The Bertz CT molecular complexity index is 1230. The zero-order valence-electron chi connectivity index (χ0n) is 27.6. The number of carbonyl (C=O) groups excluding carboxylic acids is 1. The first kappa shape index (κ1) is 30.2.